The Morgan fingerprint density at radius 1 is 1.07 bits per heavy atom. The summed E-state index contributed by atoms with van der Waals surface area (Å²) in [5.74, 6) is 1.69. The first-order valence-corrected chi connectivity index (χ1v) is 10.4. The predicted molar refractivity (Wildman–Crippen MR) is 116 cm³/mol. The summed E-state index contributed by atoms with van der Waals surface area (Å²) in [6.45, 7) is 4.93. The van der Waals surface area contributed by atoms with Gasteiger partial charge in [0.25, 0.3) is 5.91 Å². The van der Waals surface area contributed by atoms with Crippen molar-refractivity contribution in [3.05, 3.63) is 65.4 Å². The maximum absolute atomic E-state index is 12.9. The standard InChI is InChI=1S/C23H24N6O/c1-15-9-11-28-14-19(24-21(28)12-15)23(30)25-18-13-17(8-7-16(18)2)22-27-26-20-6-4-3-5-10-29(20)22/h7-9,11-14H,3-6,10H2,1-2H3,(H,25,30). The lowest BCUT2D eigenvalue weighted by molar-refractivity contribution is 0.102. The van der Waals surface area contributed by atoms with Crippen LogP contribution in [0.5, 0.6) is 0 Å². The number of pyridine rings is 1. The van der Waals surface area contributed by atoms with Crippen LogP contribution in [0.2, 0.25) is 0 Å². The van der Waals surface area contributed by atoms with Gasteiger partial charge in [-0.05, 0) is 56.0 Å². The minimum Gasteiger partial charge on any atom is -0.320 e. The number of aromatic nitrogens is 5. The van der Waals surface area contributed by atoms with Gasteiger partial charge in [0.1, 0.15) is 17.2 Å². The van der Waals surface area contributed by atoms with Crippen molar-refractivity contribution >= 4 is 17.2 Å². The van der Waals surface area contributed by atoms with E-state index in [4.69, 9.17) is 0 Å². The topological polar surface area (TPSA) is 77.1 Å². The van der Waals surface area contributed by atoms with Gasteiger partial charge < -0.3 is 14.3 Å². The van der Waals surface area contributed by atoms with Crippen molar-refractivity contribution in [2.45, 2.75) is 46.1 Å². The van der Waals surface area contributed by atoms with E-state index in [0.717, 1.165) is 65.5 Å². The third-order valence-electron chi connectivity index (χ3n) is 5.70. The molecule has 7 heteroatoms. The molecule has 7 nitrogen and oxygen atoms in total. The van der Waals surface area contributed by atoms with Crippen molar-refractivity contribution in [2.75, 3.05) is 5.32 Å². The second kappa shape index (κ2) is 7.40. The van der Waals surface area contributed by atoms with Gasteiger partial charge in [-0.3, -0.25) is 4.79 Å². The molecule has 0 atom stereocenters. The Morgan fingerprint density at radius 3 is 2.87 bits per heavy atom. The number of benzene rings is 1. The molecule has 0 fully saturated rings. The summed E-state index contributed by atoms with van der Waals surface area (Å²) in [5.41, 5.74) is 4.97. The molecule has 0 unspecified atom stereocenters. The number of rotatable bonds is 3. The lowest BCUT2D eigenvalue weighted by Gasteiger charge is -2.11. The average Bonchev–Trinajstić information content (AvgIpc) is 3.26. The summed E-state index contributed by atoms with van der Waals surface area (Å²) in [4.78, 5) is 17.3. The third kappa shape index (κ3) is 3.36. The summed E-state index contributed by atoms with van der Waals surface area (Å²) in [6, 6.07) is 9.98. The lowest BCUT2D eigenvalue weighted by Crippen LogP contribution is -2.13. The van der Waals surface area contributed by atoms with E-state index in [1.54, 1.807) is 6.20 Å². The van der Waals surface area contributed by atoms with Gasteiger partial charge in [-0.15, -0.1) is 10.2 Å². The molecular formula is C23H24N6O. The van der Waals surface area contributed by atoms with E-state index < -0.39 is 0 Å². The maximum Gasteiger partial charge on any atom is 0.275 e. The smallest absolute Gasteiger partial charge is 0.275 e. The molecule has 1 aliphatic heterocycles. The van der Waals surface area contributed by atoms with E-state index in [-0.39, 0.29) is 5.91 Å². The lowest BCUT2D eigenvalue weighted by atomic mass is 10.1. The van der Waals surface area contributed by atoms with Crippen molar-refractivity contribution in [1.82, 2.24) is 24.1 Å². The largest absolute Gasteiger partial charge is 0.320 e. The molecule has 0 bridgehead atoms. The quantitative estimate of drug-likeness (QED) is 0.559. The molecule has 4 aromatic rings. The molecule has 1 aliphatic rings. The molecule has 1 amide bonds. The van der Waals surface area contributed by atoms with Crippen LogP contribution in [0.3, 0.4) is 0 Å². The number of aryl methyl sites for hydroxylation is 3. The van der Waals surface area contributed by atoms with Crippen LogP contribution in [0.4, 0.5) is 5.69 Å². The molecule has 30 heavy (non-hydrogen) atoms. The Bertz CT molecular complexity index is 1250. The van der Waals surface area contributed by atoms with E-state index in [1.807, 2.05) is 54.8 Å². The van der Waals surface area contributed by atoms with Gasteiger partial charge in [0, 0.05) is 36.6 Å². The number of hydrogen-bond acceptors (Lipinski definition) is 4. The first-order chi connectivity index (χ1) is 14.6. The highest BCUT2D eigenvalue weighted by Gasteiger charge is 2.18. The molecule has 0 aliphatic carbocycles. The normalized spacial score (nSPS) is 13.8. The van der Waals surface area contributed by atoms with Crippen LogP contribution >= 0.6 is 0 Å². The monoisotopic (exact) mass is 400 g/mol. The molecule has 0 spiro atoms. The minimum atomic E-state index is -0.225. The van der Waals surface area contributed by atoms with E-state index in [1.165, 1.54) is 6.42 Å². The maximum atomic E-state index is 12.9. The number of anilines is 1. The van der Waals surface area contributed by atoms with E-state index in [0.29, 0.717) is 5.69 Å². The van der Waals surface area contributed by atoms with Crippen molar-refractivity contribution in [3.8, 4) is 11.4 Å². The van der Waals surface area contributed by atoms with Gasteiger partial charge >= 0.3 is 0 Å². The number of nitrogens with one attached hydrogen (secondary N) is 1. The zero-order valence-corrected chi connectivity index (χ0v) is 17.2. The number of amides is 1. The molecule has 0 radical (unpaired) electrons. The van der Waals surface area contributed by atoms with Crippen LogP contribution in [0.15, 0.2) is 42.7 Å². The Balaban J connectivity index is 1.45. The zero-order chi connectivity index (χ0) is 20.7. The van der Waals surface area contributed by atoms with Crippen LogP contribution in [0.1, 0.15) is 46.7 Å². The second-order valence-corrected chi connectivity index (χ2v) is 7.98. The molecule has 0 saturated carbocycles. The Morgan fingerprint density at radius 2 is 1.97 bits per heavy atom. The molecular weight excluding hydrogens is 376 g/mol. The van der Waals surface area contributed by atoms with Gasteiger partial charge in [0.15, 0.2) is 5.82 Å². The van der Waals surface area contributed by atoms with Gasteiger partial charge in [-0.1, -0.05) is 18.6 Å². The van der Waals surface area contributed by atoms with Crippen LogP contribution in [0, 0.1) is 13.8 Å². The number of imidazole rings is 1. The van der Waals surface area contributed by atoms with E-state index in [2.05, 4.69) is 25.1 Å². The fraction of sp³-hybridized carbons (Fsp3) is 0.304. The summed E-state index contributed by atoms with van der Waals surface area (Å²) >= 11 is 0. The molecule has 152 valence electrons. The first-order valence-electron chi connectivity index (χ1n) is 10.4. The minimum absolute atomic E-state index is 0.225. The van der Waals surface area contributed by atoms with Gasteiger partial charge in [-0.2, -0.15) is 0 Å². The SMILES string of the molecule is Cc1ccn2cc(C(=O)Nc3cc(-c4nnc5n4CCCCC5)ccc3C)nc2c1. The highest BCUT2D eigenvalue weighted by molar-refractivity contribution is 6.03. The van der Waals surface area contributed by atoms with E-state index in [9.17, 15) is 4.79 Å². The highest BCUT2D eigenvalue weighted by atomic mass is 16.1. The van der Waals surface area contributed by atoms with Crippen molar-refractivity contribution < 1.29 is 4.79 Å². The summed E-state index contributed by atoms with van der Waals surface area (Å²) in [7, 11) is 0. The zero-order valence-electron chi connectivity index (χ0n) is 17.2. The van der Waals surface area contributed by atoms with Crippen LogP contribution in [-0.4, -0.2) is 30.1 Å². The molecule has 5 rings (SSSR count). The number of nitrogens with zero attached hydrogens (tertiary/aromatic N) is 5. The third-order valence-corrected chi connectivity index (χ3v) is 5.70. The Kier molecular flexibility index (Phi) is 4.58. The number of carbonyl (C=O) groups excluding carboxylic acids is 1. The van der Waals surface area contributed by atoms with Crippen molar-refractivity contribution in [2.24, 2.45) is 0 Å². The number of carbonyl (C=O) groups is 1. The number of hydrogen-bond donors (Lipinski definition) is 1. The second-order valence-electron chi connectivity index (χ2n) is 7.98. The summed E-state index contributed by atoms with van der Waals surface area (Å²) < 4.78 is 4.07. The Hall–Kier alpha value is -3.48. The van der Waals surface area contributed by atoms with E-state index >= 15 is 0 Å². The predicted octanol–water partition coefficient (Wildman–Crippen LogP) is 4.19. The summed E-state index contributed by atoms with van der Waals surface area (Å²) in [5, 5.41) is 11.9. The molecule has 1 aromatic carbocycles. The fourth-order valence-corrected chi connectivity index (χ4v) is 3.97. The first kappa shape index (κ1) is 18.5. The molecule has 3 aromatic heterocycles. The number of fused-ring (bicyclic) bond motifs is 2. The van der Waals surface area contributed by atoms with Gasteiger partial charge in [-0.25, -0.2) is 4.98 Å². The van der Waals surface area contributed by atoms with Gasteiger partial charge in [0.2, 0.25) is 0 Å². The Labute approximate surface area is 174 Å². The summed E-state index contributed by atoms with van der Waals surface area (Å²) in [6.07, 6.45) is 8.15. The molecule has 4 heterocycles. The van der Waals surface area contributed by atoms with Crippen LogP contribution in [-0.2, 0) is 13.0 Å². The fourth-order valence-electron chi connectivity index (χ4n) is 3.97. The van der Waals surface area contributed by atoms with Crippen molar-refractivity contribution in [3.63, 3.8) is 0 Å². The van der Waals surface area contributed by atoms with Crippen molar-refractivity contribution in [1.29, 1.82) is 0 Å². The van der Waals surface area contributed by atoms with Crippen LogP contribution < -0.4 is 5.32 Å². The van der Waals surface area contributed by atoms with Gasteiger partial charge in [0.05, 0.1) is 0 Å². The molecule has 0 saturated heterocycles. The molecule has 1 N–H and O–H groups in total. The highest BCUT2D eigenvalue weighted by Crippen LogP contribution is 2.27. The van der Waals surface area contributed by atoms with Crippen LogP contribution in [0.25, 0.3) is 17.0 Å². The average molecular weight is 400 g/mol.